The maximum absolute atomic E-state index is 2.33. The molecule has 0 heteroatoms. The van der Waals surface area contributed by atoms with Crippen molar-refractivity contribution in [3.63, 3.8) is 0 Å². The number of rotatable bonds is 3. The van der Waals surface area contributed by atoms with Crippen molar-refractivity contribution in [3.8, 4) is 0 Å². The molecule has 0 unspecified atom stereocenters. The second kappa shape index (κ2) is 201. The van der Waals surface area contributed by atoms with Crippen LogP contribution in [-0.2, 0) is 0 Å². The third kappa shape index (κ3) is 306. The van der Waals surface area contributed by atoms with Gasteiger partial charge in [0.25, 0.3) is 0 Å². The van der Waals surface area contributed by atoms with Crippen molar-refractivity contribution in [1.29, 1.82) is 0 Å². The fraction of sp³-hybridized carbons (Fsp3) is 1.00. The molecule has 0 spiro atoms. The minimum atomic E-state index is 0. The standard InChI is InChI=1S/C8H18.3C2H6.13CH4/c1-5-7-8(3,4)6-2;3*1-2;;;;;;;;;;;;;/h5-7H2,1-4H3;3*1-2H3;13*1H4. The van der Waals surface area contributed by atoms with Gasteiger partial charge in [-0.2, -0.15) is 0 Å². The minimum absolute atomic E-state index is 0. The Morgan fingerprint density at radius 1 is 0.407 bits per heavy atom. The summed E-state index contributed by atoms with van der Waals surface area (Å²) >= 11 is 0. The Kier molecular flexibility index (Phi) is 1360. The predicted molar refractivity (Wildman–Crippen MR) is 161 cm³/mol. The maximum Gasteiger partial charge on any atom is -0.0357 e. The summed E-state index contributed by atoms with van der Waals surface area (Å²) < 4.78 is 0. The molecule has 0 aromatic rings. The normalized spacial score (nSPS) is 4.22. The molecule has 0 nitrogen and oxygen atoms in total. The van der Waals surface area contributed by atoms with Gasteiger partial charge in [-0.1, -0.05) is 179 Å². The van der Waals surface area contributed by atoms with Crippen LogP contribution in [0, 0.1) is 5.41 Å². The zero-order chi connectivity index (χ0) is 12.6. The van der Waals surface area contributed by atoms with E-state index in [0.717, 1.165) is 0 Å². The molecule has 0 rings (SSSR count). The molecule has 27 heavy (non-hydrogen) atoms. The lowest BCUT2D eigenvalue weighted by molar-refractivity contribution is 0.319. The van der Waals surface area contributed by atoms with Gasteiger partial charge in [-0.3, -0.25) is 0 Å². The molecule has 0 amide bonds. The minimum Gasteiger partial charge on any atom is -0.0776 e. The lowest BCUT2D eigenvalue weighted by atomic mass is 9.86. The predicted octanol–water partition coefficient (Wildman–Crippen LogP) is 14.6. The van der Waals surface area contributed by atoms with Crippen LogP contribution in [-0.4, -0.2) is 0 Å². The summed E-state index contributed by atoms with van der Waals surface area (Å²) in [6.07, 6.45) is 3.99. The molecule has 0 bridgehead atoms. The van der Waals surface area contributed by atoms with E-state index in [9.17, 15) is 0 Å². The van der Waals surface area contributed by atoms with Gasteiger partial charge in [-0.25, -0.2) is 0 Å². The van der Waals surface area contributed by atoms with Crippen molar-refractivity contribution < 1.29 is 0 Å². The van der Waals surface area contributed by atoms with Crippen LogP contribution in [0.2, 0.25) is 0 Å². The Bertz CT molecular complexity index is 53.1. The van der Waals surface area contributed by atoms with Gasteiger partial charge in [0.2, 0.25) is 0 Å². The van der Waals surface area contributed by atoms with E-state index in [1.807, 2.05) is 41.5 Å². The molecule has 0 saturated heterocycles. The summed E-state index contributed by atoms with van der Waals surface area (Å²) in [6.45, 7) is 21.2. The summed E-state index contributed by atoms with van der Waals surface area (Å²) in [4.78, 5) is 0. The fourth-order valence-corrected chi connectivity index (χ4v) is 0.854. The van der Waals surface area contributed by atoms with Gasteiger partial charge in [0.15, 0.2) is 0 Å². The second-order valence-electron chi connectivity index (χ2n) is 3.27. The van der Waals surface area contributed by atoms with Crippen LogP contribution in [0.15, 0.2) is 0 Å². The van der Waals surface area contributed by atoms with E-state index in [1.165, 1.54) is 19.3 Å². The quantitative estimate of drug-likeness (QED) is 0.432. The van der Waals surface area contributed by atoms with E-state index in [4.69, 9.17) is 0 Å². The van der Waals surface area contributed by atoms with E-state index in [1.54, 1.807) is 0 Å². The van der Waals surface area contributed by atoms with Crippen molar-refractivity contribution in [2.75, 3.05) is 0 Å². The van der Waals surface area contributed by atoms with Crippen molar-refractivity contribution in [3.05, 3.63) is 0 Å². The van der Waals surface area contributed by atoms with Crippen LogP contribution in [0.3, 0.4) is 0 Å². The highest BCUT2D eigenvalue weighted by Gasteiger charge is 2.11. The molecule has 0 aliphatic rings. The van der Waals surface area contributed by atoms with E-state index < -0.39 is 0 Å². The molecule has 0 aliphatic carbocycles. The average molecular weight is 413 g/mol. The lowest BCUT2D eigenvalue weighted by Gasteiger charge is -2.20. The summed E-state index contributed by atoms with van der Waals surface area (Å²) in [6, 6.07) is 0. The van der Waals surface area contributed by atoms with Crippen molar-refractivity contribution in [2.24, 2.45) is 5.41 Å². The number of hydrogen-bond acceptors (Lipinski definition) is 0. The van der Waals surface area contributed by atoms with Crippen LogP contribution in [0.1, 0.15) is 185 Å². The summed E-state index contributed by atoms with van der Waals surface area (Å²) in [5.41, 5.74) is 0.592. The SMILES string of the molecule is C.C.C.C.C.C.C.C.C.C.C.C.C.CC.CC.CC.CCCC(C)(C)CC. The summed E-state index contributed by atoms with van der Waals surface area (Å²) in [5, 5.41) is 0. The first-order valence-electron chi connectivity index (χ1n) is 6.62. The van der Waals surface area contributed by atoms with Gasteiger partial charge in [0, 0.05) is 0 Å². The Morgan fingerprint density at radius 3 is 0.593 bits per heavy atom. The molecular formula is C27H88. The summed E-state index contributed by atoms with van der Waals surface area (Å²) in [7, 11) is 0. The zero-order valence-electron chi connectivity index (χ0n) is 12.6. The van der Waals surface area contributed by atoms with Crippen LogP contribution in [0.5, 0.6) is 0 Å². The van der Waals surface area contributed by atoms with Gasteiger partial charge in [0.05, 0.1) is 0 Å². The molecule has 0 radical (unpaired) electrons. The highest BCUT2D eigenvalue weighted by Crippen LogP contribution is 2.25. The maximum atomic E-state index is 2.33. The molecular weight excluding hydrogens is 324 g/mol. The van der Waals surface area contributed by atoms with E-state index >= 15 is 0 Å². The van der Waals surface area contributed by atoms with Gasteiger partial charge in [-0.15, -0.1) is 0 Å². The molecule has 0 heterocycles. The third-order valence-electron chi connectivity index (χ3n) is 1.88. The van der Waals surface area contributed by atoms with Crippen LogP contribution >= 0.6 is 0 Å². The van der Waals surface area contributed by atoms with E-state index in [-0.39, 0.29) is 96.5 Å². The molecule has 0 aromatic carbocycles. The lowest BCUT2D eigenvalue weighted by Crippen LogP contribution is -2.07. The summed E-state index contributed by atoms with van der Waals surface area (Å²) in [5.74, 6) is 0. The monoisotopic (exact) mass is 413 g/mol. The van der Waals surface area contributed by atoms with E-state index in [2.05, 4.69) is 27.7 Å². The first-order chi connectivity index (χ1) is 6.62. The van der Waals surface area contributed by atoms with Gasteiger partial charge < -0.3 is 0 Å². The zero-order valence-corrected chi connectivity index (χ0v) is 12.6. The Hall–Kier alpha value is 0. The molecule has 0 atom stereocenters. The Morgan fingerprint density at radius 2 is 0.556 bits per heavy atom. The van der Waals surface area contributed by atoms with E-state index in [0.29, 0.717) is 5.41 Å². The highest BCUT2D eigenvalue weighted by molar-refractivity contribution is 4.63. The first kappa shape index (κ1) is 183. The Balaban J connectivity index is -0.00000000326. The molecule has 0 fully saturated rings. The van der Waals surface area contributed by atoms with Crippen LogP contribution < -0.4 is 0 Å². The topological polar surface area (TPSA) is 0 Å². The molecule has 196 valence electrons. The van der Waals surface area contributed by atoms with Crippen molar-refractivity contribution >= 4 is 0 Å². The molecule has 0 aliphatic heterocycles. The van der Waals surface area contributed by atoms with Gasteiger partial charge in [0.1, 0.15) is 0 Å². The smallest absolute Gasteiger partial charge is 0.0357 e. The largest absolute Gasteiger partial charge is 0.0776 e. The molecule has 0 aromatic heterocycles. The van der Waals surface area contributed by atoms with Crippen LogP contribution in [0.4, 0.5) is 0 Å². The molecule has 0 N–H and O–H groups in total. The number of hydrogen-bond donors (Lipinski definition) is 0. The molecule has 0 saturated carbocycles. The van der Waals surface area contributed by atoms with Gasteiger partial charge in [-0.05, 0) is 11.8 Å². The second-order valence-corrected chi connectivity index (χ2v) is 3.27. The fourth-order valence-electron chi connectivity index (χ4n) is 0.854. The highest BCUT2D eigenvalue weighted by atomic mass is 14.2. The van der Waals surface area contributed by atoms with Crippen molar-refractivity contribution in [2.45, 2.75) is 185 Å². The van der Waals surface area contributed by atoms with Gasteiger partial charge >= 0.3 is 0 Å². The average Bonchev–Trinajstić information content (AvgIpc) is 2.27. The van der Waals surface area contributed by atoms with Crippen LogP contribution in [0.25, 0.3) is 0 Å². The third-order valence-corrected chi connectivity index (χ3v) is 1.88. The Labute approximate surface area is 190 Å². The first-order valence-corrected chi connectivity index (χ1v) is 6.62. The van der Waals surface area contributed by atoms with Crippen molar-refractivity contribution in [1.82, 2.24) is 0 Å².